The van der Waals surface area contributed by atoms with Gasteiger partial charge in [0.2, 0.25) is 5.91 Å². The second kappa shape index (κ2) is 11.2. The molecule has 2 aromatic heterocycles. The molecule has 7 nitrogen and oxygen atoms in total. The van der Waals surface area contributed by atoms with E-state index in [1.165, 1.54) is 12.3 Å². The Bertz CT molecular complexity index is 1070. The molecule has 0 spiro atoms. The molecule has 0 aliphatic heterocycles. The SMILES string of the molecule is CC[C@@H](N[C@H](C)CC(N)=O)c1ccc(Cl)c(C(=O)c2ccc(-n3cccn3)nc2)c1F.Cl. The van der Waals surface area contributed by atoms with Crippen molar-refractivity contribution in [2.24, 2.45) is 5.73 Å². The first-order chi connectivity index (χ1) is 14.8. The molecule has 0 radical (unpaired) electrons. The van der Waals surface area contributed by atoms with E-state index in [1.807, 2.05) is 6.92 Å². The number of halogens is 3. The number of nitrogens with one attached hydrogen (secondary N) is 1. The molecule has 0 aliphatic rings. The van der Waals surface area contributed by atoms with Crippen LogP contribution in [0.4, 0.5) is 4.39 Å². The topological polar surface area (TPSA) is 103 Å². The minimum Gasteiger partial charge on any atom is -0.370 e. The lowest BCUT2D eigenvalue weighted by molar-refractivity contribution is -0.118. The summed E-state index contributed by atoms with van der Waals surface area (Å²) in [6, 6.07) is 7.31. The molecule has 170 valence electrons. The number of hydrogen-bond acceptors (Lipinski definition) is 5. The van der Waals surface area contributed by atoms with Crippen LogP contribution in [0.1, 0.15) is 54.2 Å². The monoisotopic (exact) mass is 479 g/mol. The molecule has 0 fully saturated rings. The van der Waals surface area contributed by atoms with Gasteiger partial charge >= 0.3 is 0 Å². The molecule has 1 aromatic carbocycles. The summed E-state index contributed by atoms with van der Waals surface area (Å²) in [4.78, 5) is 28.4. The summed E-state index contributed by atoms with van der Waals surface area (Å²) in [6.45, 7) is 3.67. The van der Waals surface area contributed by atoms with Gasteiger partial charge in [-0.3, -0.25) is 9.59 Å². The van der Waals surface area contributed by atoms with Crippen LogP contribution < -0.4 is 11.1 Å². The maximum atomic E-state index is 15.5. The molecule has 3 rings (SSSR count). The average molecular weight is 480 g/mol. The van der Waals surface area contributed by atoms with Crippen LogP contribution in [0, 0.1) is 5.82 Å². The molecule has 0 unspecified atom stereocenters. The summed E-state index contributed by atoms with van der Waals surface area (Å²) < 4.78 is 17.0. The van der Waals surface area contributed by atoms with Gasteiger partial charge < -0.3 is 11.1 Å². The van der Waals surface area contributed by atoms with Gasteiger partial charge in [-0.15, -0.1) is 12.4 Å². The first-order valence-corrected chi connectivity index (χ1v) is 10.2. The lowest BCUT2D eigenvalue weighted by Crippen LogP contribution is -2.34. The first kappa shape index (κ1) is 25.5. The van der Waals surface area contributed by atoms with E-state index >= 15 is 4.39 Å². The normalized spacial score (nSPS) is 12.6. The van der Waals surface area contributed by atoms with E-state index in [2.05, 4.69) is 15.4 Å². The van der Waals surface area contributed by atoms with Crippen LogP contribution >= 0.6 is 24.0 Å². The van der Waals surface area contributed by atoms with Gasteiger partial charge in [0, 0.05) is 48.2 Å². The van der Waals surface area contributed by atoms with Crippen molar-refractivity contribution in [1.29, 1.82) is 0 Å². The molecule has 2 heterocycles. The number of pyridine rings is 1. The first-order valence-electron chi connectivity index (χ1n) is 9.84. The number of carbonyl (C=O) groups excluding carboxylic acids is 2. The van der Waals surface area contributed by atoms with E-state index in [0.29, 0.717) is 17.8 Å². The second-order valence-electron chi connectivity index (χ2n) is 7.21. The van der Waals surface area contributed by atoms with Crippen molar-refractivity contribution in [2.45, 2.75) is 38.8 Å². The Morgan fingerprint density at radius 3 is 2.59 bits per heavy atom. The molecule has 3 aromatic rings. The van der Waals surface area contributed by atoms with Crippen molar-refractivity contribution in [3.63, 3.8) is 0 Å². The highest BCUT2D eigenvalue weighted by Crippen LogP contribution is 2.30. The van der Waals surface area contributed by atoms with Gasteiger partial charge in [-0.25, -0.2) is 14.1 Å². The number of nitrogens with zero attached hydrogens (tertiary/aromatic N) is 3. The van der Waals surface area contributed by atoms with Crippen LogP contribution in [0.25, 0.3) is 5.82 Å². The Morgan fingerprint density at radius 1 is 1.28 bits per heavy atom. The molecule has 10 heteroatoms. The molecular formula is C22H24Cl2FN5O2. The maximum absolute atomic E-state index is 15.5. The maximum Gasteiger partial charge on any atom is 0.218 e. The molecule has 0 saturated heterocycles. The summed E-state index contributed by atoms with van der Waals surface area (Å²) in [5.74, 6) is -1.18. The van der Waals surface area contributed by atoms with E-state index in [1.54, 1.807) is 48.3 Å². The van der Waals surface area contributed by atoms with Crippen molar-refractivity contribution in [2.75, 3.05) is 0 Å². The number of benzene rings is 1. The van der Waals surface area contributed by atoms with E-state index in [0.717, 1.165) is 0 Å². The molecule has 0 saturated carbocycles. The van der Waals surface area contributed by atoms with Crippen molar-refractivity contribution < 1.29 is 14.0 Å². The summed E-state index contributed by atoms with van der Waals surface area (Å²) in [5, 5.41) is 7.28. The minimum atomic E-state index is -0.695. The number of nitrogens with two attached hydrogens (primary N) is 1. The summed E-state index contributed by atoms with van der Waals surface area (Å²) in [7, 11) is 0. The minimum absolute atomic E-state index is 0. The largest absolute Gasteiger partial charge is 0.370 e. The lowest BCUT2D eigenvalue weighted by Gasteiger charge is -2.23. The third-order valence-electron chi connectivity index (χ3n) is 4.87. The molecule has 32 heavy (non-hydrogen) atoms. The van der Waals surface area contributed by atoms with Crippen LogP contribution in [-0.2, 0) is 4.79 Å². The highest BCUT2D eigenvalue weighted by Gasteiger charge is 2.25. The van der Waals surface area contributed by atoms with Crippen molar-refractivity contribution in [3.05, 3.63) is 76.5 Å². The summed E-state index contributed by atoms with van der Waals surface area (Å²) >= 11 is 6.20. The number of aromatic nitrogens is 3. The number of hydrogen-bond donors (Lipinski definition) is 2. The van der Waals surface area contributed by atoms with Gasteiger partial charge in [0.25, 0.3) is 0 Å². The van der Waals surface area contributed by atoms with Crippen molar-refractivity contribution in [3.8, 4) is 5.82 Å². The van der Waals surface area contributed by atoms with Crippen LogP contribution in [0.15, 0.2) is 48.9 Å². The zero-order valence-electron chi connectivity index (χ0n) is 17.6. The summed E-state index contributed by atoms with van der Waals surface area (Å²) in [5.41, 5.74) is 5.53. The molecule has 0 aliphatic carbocycles. The van der Waals surface area contributed by atoms with Gasteiger partial charge in [-0.1, -0.05) is 24.6 Å². The highest BCUT2D eigenvalue weighted by atomic mass is 35.5. The molecule has 1 amide bonds. The smallest absolute Gasteiger partial charge is 0.218 e. The van der Waals surface area contributed by atoms with Crippen LogP contribution in [-0.4, -0.2) is 32.5 Å². The standard InChI is InChI=1S/C22H23ClFN5O2.ClH/c1-3-17(28-13(2)11-18(25)30)15-6-7-16(23)20(21(15)24)22(31)14-5-8-19(26-12-14)29-10-4-9-27-29;/h4-10,12-13,17,28H,3,11H2,1-2H3,(H2,25,30);1H/t13-,17-;/m1./s1. The number of amides is 1. The number of primary amides is 1. The van der Waals surface area contributed by atoms with Gasteiger partial charge in [0.05, 0.1) is 10.6 Å². The third kappa shape index (κ3) is 5.70. The number of ketones is 1. The van der Waals surface area contributed by atoms with Gasteiger partial charge in [0.15, 0.2) is 11.6 Å². The van der Waals surface area contributed by atoms with Crippen LogP contribution in [0.2, 0.25) is 5.02 Å². The quantitative estimate of drug-likeness (QED) is 0.451. The number of carbonyl (C=O) groups is 2. The number of rotatable bonds is 9. The summed E-state index contributed by atoms with van der Waals surface area (Å²) in [6.07, 6.45) is 5.36. The van der Waals surface area contributed by atoms with E-state index < -0.39 is 23.5 Å². The Morgan fingerprint density at radius 2 is 2.03 bits per heavy atom. The van der Waals surface area contributed by atoms with Gasteiger partial charge in [-0.2, -0.15) is 5.10 Å². The van der Waals surface area contributed by atoms with Crippen LogP contribution in [0.5, 0.6) is 0 Å². The lowest BCUT2D eigenvalue weighted by atomic mass is 9.96. The van der Waals surface area contributed by atoms with E-state index in [-0.39, 0.29) is 41.0 Å². The van der Waals surface area contributed by atoms with Gasteiger partial charge in [0.1, 0.15) is 5.82 Å². The highest BCUT2D eigenvalue weighted by molar-refractivity contribution is 6.35. The fourth-order valence-electron chi connectivity index (χ4n) is 3.38. The van der Waals surface area contributed by atoms with Crippen LogP contribution in [0.3, 0.4) is 0 Å². The Hall–Kier alpha value is -2.81. The third-order valence-corrected chi connectivity index (χ3v) is 5.19. The predicted octanol–water partition coefficient (Wildman–Crippen LogP) is 4.02. The Kier molecular flexibility index (Phi) is 8.89. The fourth-order valence-corrected chi connectivity index (χ4v) is 3.61. The second-order valence-corrected chi connectivity index (χ2v) is 7.62. The van der Waals surface area contributed by atoms with E-state index in [4.69, 9.17) is 17.3 Å². The molecular weight excluding hydrogens is 456 g/mol. The Labute approximate surface area is 196 Å². The zero-order valence-corrected chi connectivity index (χ0v) is 19.2. The van der Waals surface area contributed by atoms with Gasteiger partial charge in [-0.05, 0) is 37.6 Å². The van der Waals surface area contributed by atoms with Crippen molar-refractivity contribution >= 4 is 35.7 Å². The molecule has 0 bridgehead atoms. The predicted molar refractivity (Wildman–Crippen MR) is 123 cm³/mol. The molecule has 3 N–H and O–H groups in total. The van der Waals surface area contributed by atoms with E-state index in [9.17, 15) is 9.59 Å². The van der Waals surface area contributed by atoms with Crippen molar-refractivity contribution in [1.82, 2.24) is 20.1 Å². The zero-order chi connectivity index (χ0) is 22.5. The average Bonchev–Trinajstić information content (AvgIpc) is 3.27. The molecule has 2 atom stereocenters. The fraction of sp³-hybridized carbons (Fsp3) is 0.273. The Balaban J connectivity index is 0.00000363.